The Morgan fingerprint density at radius 1 is 1.41 bits per heavy atom. The first-order valence-corrected chi connectivity index (χ1v) is 8.26. The van der Waals surface area contributed by atoms with Crippen molar-refractivity contribution in [1.82, 2.24) is 10.6 Å². The van der Waals surface area contributed by atoms with Gasteiger partial charge in [-0.25, -0.2) is 9.59 Å². The lowest BCUT2D eigenvalue weighted by Crippen LogP contribution is -2.46. The average molecular weight is 379 g/mol. The van der Waals surface area contributed by atoms with Gasteiger partial charge in [0.1, 0.15) is 0 Å². The van der Waals surface area contributed by atoms with Crippen LogP contribution in [-0.4, -0.2) is 35.2 Å². The number of nitrogens with one attached hydrogen (secondary N) is 2. The number of urea groups is 1. The number of carbonyl (C=O) groups excluding carboxylic acids is 2. The van der Waals surface area contributed by atoms with Crippen molar-refractivity contribution in [2.45, 2.75) is 39.3 Å². The Kier molecular flexibility index (Phi) is 5.88. The lowest BCUT2D eigenvalue weighted by molar-refractivity contribution is -0.385. The lowest BCUT2D eigenvalue weighted by atomic mass is 9.92. The third-order valence-electron chi connectivity index (χ3n) is 3.91. The molecular weight excluding hydrogens is 358 g/mol. The second kappa shape index (κ2) is 7.94. The molecular formula is C17H21N3O7. The molecule has 0 fully saturated rings. The van der Waals surface area contributed by atoms with E-state index in [9.17, 15) is 24.8 Å². The van der Waals surface area contributed by atoms with Crippen LogP contribution in [0.5, 0.6) is 11.5 Å². The van der Waals surface area contributed by atoms with Gasteiger partial charge in [0.15, 0.2) is 11.5 Å². The van der Waals surface area contributed by atoms with Crippen molar-refractivity contribution in [3.8, 4) is 11.5 Å². The lowest BCUT2D eigenvalue weighted by Gasteiger charge is -2.29. The van der Waals surface area contributed by atoms with Crippen molar-refractivity contribution >= 4 is 17.7 Å². The minimum Gasteiger partial charge on any atom is -0.504 e. The Balaban J connectivity index is 2.69. The van der Waals surface area contributed by atoms with E-state index in [1.165, 1.54) is 7.11 Å². The number of allylic oxidation sites excluding steroid dienone is 1. The predicted octanol–water partition coefficient (Wildman–Crippen LogP) is 2.28. The van der Waals surface area contributed by atoms with Crippen molar-refractivity contribution in [3.05, 3.63) is 39.1 Å². The molecule has 1 aliphatic heterocycles. The number of aromatic hydroxyl groups is 1. The molecule has 10 heteroatoms. The van der Waals surface area contributed by atoms with Gasteiger partial charge in [-0.3, -0.25) is 10.1 Å². The number of rotatable bonds is 6. The van der Waals surface area contributed by atoms with Crippen LogP contribution in [0.1, 0.15) is 38.8 Å². The quantitative estimate of drug-likeness (QED) is 0.391. The first-order valence-electron chi connectivity index (χ1n) is 8.26. The standard InChI is InChI=1S/C17H21N3O7/c1-5-10-14(16(22)27-8(2)3)15(19-17(23)18-10)9-6-12(21)13(26-4)7-11(9)20(24)25/h6-8,15,21H,5H2,1-4H3,(H2,18,19,23). The summed E-state index contributed by atoms with van der Waals surface area (Å²) in [7, 11) is 1.26. The van der Waals surface area contributed by atoms with Crippen LogP contribution in [0.4, 0.5) is 10.5 Å². The molecule has 10 nitrogen and oxygen atoms in total. The SMILES string of the molecule is CCC1=C(C(=O)OC(C)C)C(c2cc(O)c(OC)cc2[N+](=O)[O-])NC(=O)N1. The van der Waals surface area contributed by atoms with E-state index in [4.69, 9.17) is 9.47 Å². The molecule has 0 saturated heterocycles. The highest BCUT2D eigenvalue weighted by atomic mass is 16.6. The molecule has 2 amide bonds. The van der Waals surface area contributed by atoms with Crippen LogP contribution in [0.2, 0.25) is 0 Å². The van der Waals surface area contributed by atoms with E-state index in [2.05, 4.69) is 10.6 Å². The van der Waals surface area contributed by atoms with E-state index in [-0.39, 0.29) is 22.6 Å². The Hall–Kier alpha value is -3.30. The molecule has 1 unspecified atom stereocenters. The molecule has 146 valence electrons. The maximum Gasteiger partial charge on any atom is 0.338 e. The molecule has 0 saturated carbocycles. The largest absolute Gasteiger partial charge is 0.504 e. The summed E-state index contributed by atoms with van der Waals surface area (Å²) in [4.78, 5) is 35.5. The molecule has 1 aromatic rings. The summed E-state index contributed by atoms with van der Waals surface area (Å²) in [5, 5.41) is 26.6. The smallest absolute Gasteiger partial charge is 0.338 e. The second-order valence-electron chi connectivity index (χ2n) is 6.07. The minimum absolute atomic E-state index is 0.0402. The Labute approximate surface area is 155 Å². The number of benzene rings is 1. The molecule has 0 aliphatic carbocycles. The van der Waals surface area contributed by atoms with Gasteiger partial charge in [-0.15, -0.1) is 0 Å². The number of phenols is 1. The number of nitro benzene ring substituents is 1. The zero-order valence-electron chi connectivity index (χ0n) is 15.4. The number of ether oxygens (including phenoxy) is 2. The second-order valence-corrected chi connectivity index (χ2v) is 6.07. The fraction of sp³-hybridized carbons (Fsp3) is 0.412. The number of methoxy groups -OCH3 is 1. The van der Waals surface area contributed by atoms with Gasteiger partial charge in [0.25, 0.3) is 5.69 Å². The number of amides is 2. The fourth-order valence-electron chi connectivity index (χ4n) is 2.78. The third kappa shape index (κ3) is 4.10. The molecule has 1 aromatic carbocycles. The third-order valence-corrected chi connectivity index (χ3v) is 3.91. The Morgan fingerprint density at radius 2 is 2.07 bits per heavy atom. The molecule has 3 N–H and O–H groups in total. The highest BCUT2D eigenvalue weighted by molar-refractivity contribution is 5.95. The van der Waals surface area contributed by atoms with Crippen molar-refractivity contribution in [1.29, 1.82) is 0 Å². The summed E-state index contributed by atoms with van der Waals surface area (Å²) >= 11 is 0. The zero-order valence-corrected chi connectivity index (χ0v) is 15.4. The predicted molar refractivity (Wildman–Crippen MR) is 94.3 cm³/mol. The van der Waals surface area contributed by atoms with Gasteiger partial charge in [-0.2, -0.15) is 0 Å². The first kappa shape index (κ1) is 20.0. The van der Waals surface area contributed by atoms with E-state index in [1.807, 2.05) is 0 Å². The van der Waals surface area contributed by atoms with E-state index in [0.29, 0.717) is 12.1 Å². The monoisotopic (exact) mass is 379 g/mol. The number of nitrogens with zero attached hydrogens (tertiary/aromatic N) is 1. The summed E-state index contributed by atoms with van der Waals surface area (Å²) in [5.41, 5.74) is -0.144. The van der Waals surface area contributed by atoms with Crippen LogP contribution in [0.25, 0.3) is 0 Å². The van der Waals surface area contributed by atoms with Gasteiger partial charge >= 0.3 is 12.0 Å². The average Bonchev–Trinajstić information content (AvgIpc) is 2.59. The van der Waals surface area contributed by atoms with Crippen molar-refractivity contribution in [3.63, 3.8) is 0 Å². The Bertz CT molecular complexity index is 817. The van der Waals surface area contributed by atoms with E-state index in [0.717, 1.165) is 12.1 Å². The van der Waals surface area contributed by atoms with Gasteiger partial charge in [0, 0.05) is 5.70 Å². The van der Waals surface area contributed by atoms with Crippen molar-refractivity contribution in [2.75, 3.05) is 7.11 Å². The zero-order chi connectivity index (χ0) is 20.3. The van der Waals surface area contributed by atoms with Gasteiger partial charge in [0.05, 0.1) is 41.4 Å². The summed E-state index contributed by atoms with van der Waals surface area (Å²) < 4.78 is 10.1. The molecule has 0 radical (unpaired) electrons. The Morgan fingerprint density at radius 3 is 2.59 bits per heavy atom. The minimum atomic E-state index is -1.17. The van der Waals surface area contributed by atoms with Crippen molar-refractivity contribution < 1.29 is 29.1 Å². The van der Waals surface area contributed by atoms with Crippen LogP contribution in [-0.2, 0) is 9.53 Å². The summed E-state index contributed by atoms with van der Waals surface area (Å²) in [6, 6.07) is 0.346. The fourth-order valence-corrected chi connectivity index (χ4v) is 2.78. The van der Waals surface area contributed by atoms with Crippen LogP contribution in [0.3, 0.4) is 0 Å². The van der Waals surface area contributed by atoms with Crippen LogP contribution in [0.15, 0.2) is 23.4 Å². The molecule has 0 bridgehead atoms. The number of nitro groups is 1. The maximum absolute atomic E-state index is 12.6. The van der Waals surface area contributed by atoms with Gasteiger partial charge < -0.3 is 25.2 Å². The molecule has 2 rings (SSSR count). The summed E-state index contributed by atoms with van der Waals surface area (Å²) in [5.74, 6) is -1.18. The molecule has 0 aromatic heterocycles. The van der Waals surface area contributed by atoms with E-state index >= 15 is 0 Å². The number of carbonyl (C=O) groups is 2. The highest BCUT2D eigenvalue weighted by Crippen LogP contribution is 2.40. The number of hydrogen-bond donors (Lipinski definition) is 3. The maximum atomic E-state index is 12.6. The normalized spacial score (nSPS) is 16.6. The molecule has 0 spiro atoms. The van der Waals surface area contributed by atoms with Gasteiger partial charge in [-0.05, 0) is 26.3 Å². The van der Waals surface area contributed by atoms with Gasteiger partial charge in [0.2, 0.25) is 0 Å². The van der Waals surface area contributed by atoms with Gasteiger partial charge in [-0.1, -0.05) is 6.92 Å². The van der Waals surface area contributed by atoms with Crippen LogP contribution < -0.4 is 15.4 Å². The molecule has 27 heavy (non-hydrogen) atoms. The van der Waals surface area contributed by atoms with Crippen LogP contribution in [0, 0.1) is 10.1 Å². The first-order chi connectivity index (χ1) is 12.7. The summed E-state index contributed by atoms with van der Waals surface area (Å²) in [6.07, 6.45) is -0.136. The molecule has 1 heterocycles. The van der Waals surface area contributed by atoms with E-state index < -0.39 is 34.8 Å². The van der Waals surface area contributed by atoms with E-state index in [1.54, 1.807) is 20.8 Å². The summed E-state index contributed by atoms with van der Waals surface area (Å²) in [6.45, 7) is 5.05. The molecule has 1 atom stereocenters. The number of phenolic OH excluding ortho intramolecular Hbond substituents is 1. The topological polar surface area (TPSA) is 140 Å². The number of hydrogen-bond acceptors (Lipinski definition) is 7. The van der Waals surface area contributed by atoms with Crippen LogP contribution >= 0.6 is 0 Å². The molecule has 1 aliphatic rings. The van der Waals surface area contributed by atoms with Crippen molar-refractivity contribution in [2.24, 2.45) is 0 Å². The number of esters is 1. The highest BCUT2D eigenvalue weighted by Gasteiger charge is 2.37.